The van der Waals surface area contributed by atoms with E-state index < -0.39 is 0 Å². The van der Waals surface area contributed by atoms with Gasteiger partial charge >= 0.3 is 11.9 Å². The maximum Gasteiger partial charge on any atom is 0.333 e. The van der Waals surface area contributed by atoms with E-state index in [4.69, 9.17) is 14.2 Å². The Kier molecular flexibility index (Phi) is 6.44. The van der Waals surface area contributed by atoms with E-state index in [-0.39, 0.29) is 17.5 Å². The third-order valence-corrected chi connectivity index (χ3v) is 4.94. The summed E-state index contributed by atoms with van der Waals surface area (Å²) in [6, 6.07) is 0. The second-order valence-corrected chi connectivity index (χ2v) is 7.91. The van der Waals surface area contributed by atoms with E-state index in [0.29, 0.717) is 36.9 Å². The molecule has 5 heteroatoms. The highest BCUT2D eigenvalue weighted by Gasteiger charge is 2.42. The Hall–Kier alpha value is -1.62. The molecule has 140 valence electrons. The zero-order valence-electron chi connectivity index (χ0n) is 15.6. The number of epoxide rings is 1. The van der Waals surface area contributed by atoms with E-state index in [2.05, 4.69) is 13.2 Å². The minimum absolute atomic E-state index is 0.217. The zero-order chi connectivity index (χ0) is 18.6. The van der Waals surface area contributed by atoms with Crippen molar-refractivity contribution >= 4 is 11.9 Å². The molecule has 0 amide bonds. The van der Waals surface area contributed by atoms with E-state index >= 15 is 0 Å². The van der Waals surface area contributed by atoms with Gasteiger partial charge in [0.15, 0.2) is 0 Å². The molecule has 2 saturated carbocycles. The van der Waals surface area contributed by atoms with Crippen molar-refractivity contribution in [1.29, 1.82) is 0 Å². The number of rotatable bonds is 6. The third-order valence-electron chi connectivity index (χ3n) is 4.94. The highest BCUT2D eigenvalue weighted by Crippen LogP contribution is 2.51. The summed E-state index contributed by atoms with van der Waals surface area (Å²) in [6.07, 6.45) is 5.28. The fourth-order valence-corrected chi connectivity index (χ4v) is 2.96. The van der Waals surface area contributed by atoms with Crippen molar-refractivity contribution in [2.45, 2.75) is 52.1 Å². The Morgan fingerprint density at radius 3 is 2.16 bits per heavy atom. The second-order valence-electron chi connectivity index (χ2n) is 7.91. The fraction of sp³-hybridized carbons (Fsp3) is 0.700. The highest BCUT2D eigenvalue weighted by molar-refractivity contribution is 5.87. The van der Waals surface area contributed by atoms with Gasteiger partial charge in [-0.15, -0.1) is 0 Å². The van der Waals surface area contributed by atoms with Gasteiger partial charge in [0.05, 0.1) is 13.2 Å². The van der Waals surface area contributed by atoms with Crippen LogP contribution in [0, 0.1) is 17.8 Å². The molecule has 0 N–H and O–H groups in total. The predicted octanol–water partition coefficient (Wildman–Crippen LogP) is 3.44. The van der Waals surface area contributed by atoms with Crippen LogP contribution in [-0.2, 0) is 23.8 Å². The first-order valence-corrected chi connectivity index (χ1v) is 8.99. The van der Waals surface area contributed by atoms with Crippen LogP contribution >= 0.6 is 0 Å². The summed E-state index contributed by atoms with van der Waals surface area (Å²) in [4.78, 5) is 22.0. The monoisotopic (exact) mass is 350 g/mol. The molecule has 0 aromatic carbocycles. The number of carbonyl (C=O) groups is 2. The van der Waals surface area contributed by atoms with Crippen LogP contribution in [0.25, 0.3) is 0 Å². The average molecular weight is 350 g/mol. The Bertz CT molecular complexity index is 546. The molecule has 0 spiro atoms. The van der Waals surface area contributed by atoms with Crippen LogP contribution < -0.4 is 0 Å². The first kappa shape index (κ1) is 19.7. The molecule has 1 aliphatic heterocycles. The lowest BCUT2D eigenvalue weighted by Crippen LogP contribution is -2.18. The van der Waals surface area contributed by atoms with Crippen molar-refractivity contribution in [2.75, 3.05) is 19.8 Å². The van der Waals surface area contributed by atoms with Crippen LogP contribution in [-0.4, -0.2) is 37.4 Å². The average Bonchev–Trinajstić information content (AvgIpc) is 3.47. The summed E-state index contributed by atoms with van der Waals surface area (Å²) in [5.41, 5.74) is 0.713. The second kappa shape index (κ2) is 8.17. The Morgan fingerprint density at radius 1 is 1.04 bits per heavy atom. The predicted molar refractivity (Wildman–Crippen MR) is 94.8 cm³/mol. The molecule has 0 aromatic rings. The Balaban J connectivity index is 0.000000186. The van der Waals surface area contributed by atoms with E-state index in [0.717, 1.165) is 11.8 Å². The summed E-state index contributed by atoms with van der Waals surface area (Å²) in [5.74, 6) is 2.01. The highest BCUT2D eigenvalue weighted by atomic mass is 16.6. The number of hydrogen-bond donors (Lipinski definition) is 0. The van der Waals surface area contributed by atoms with Crippen LogP contribution in [0.3, 0.4) is 0 Å². The molecule has 2 aliphatic carbocycles. The smallest absolute Gasteiger partial charge is 0.333 e. The minimum atomic E-state index is -0.346. The molecule has 3 aliphatic rings. The van der Waals surface area contributed by atoms with Crippen LogP contribution in [0.4, 0.5) is 0 Å². The zero-order valence-corrected chi connectivity index (χ0v) is 15.6. The maximum absolute atomic E-state index is 11.2. The van der Waals surface area contributed by atoms with E-state index in [1.807, 2.05) is 6.92 Å². The van der Waals surface area contributed by atoms with Crippen LogP contribution in [0.15, 0.2) is 24.3 Å². The number of fused-ring (bicyclic) bond motifs is 1. The molecule has 0 radical (unpaired) electrons. The van der Waals surface area contributed by atoms with E-state index in [1.165, 1.54) is 25.7 Å². The Morgan fingerprint density at radius 2 is 1.64 bits per heavy atom. The van der Waals surface area contributed by atoms with Gasteiger partial charge in [0.25, 0.3) is 0 Å². The summed E-state index contributed by atoms with van der Waals surface area (Å²) in [6.45, 7) is 13.9. The molecule has 3 rings (SSSR count). The summed E-state index contributed by atoms with van der Waals surface area (Å²) in [5, 5.41) is 0. The molecule has 4 atom stereocenters. The molecule has 25 heavy (non-hydrogen) atoms. The summed E-state index contributed by atoms with van der Waals surface area (Å²) >= 11 is 0. The SMILES string of the molecule is C=C(C)C(=O)OCC1(C)CO1.C=C(C)C(=O)OCC1CCC2CC2C1. The van der Waals surface area contributed by atoms with E-state index in [9.17, 15) is 9.59 Å². The largest absolute Gasteiger partial charge is 0.462 e. The lowest BCUT2D eigenvalue weighted by molar-refractivity contribution is -0.141. The molecule has 0 aromatic heterocycles. The van der Waals surface area contributed by atoms with E-state index in [1.54, 1.807) is 13.8 Å². The number of hydrogen-bond acceptors (Lipinski definition) is 5. The standard InChI is InChI=1S/C12H18O2.C8H12O3/c1-8(2)12(13)14-7-9-3-4-10-6-11(10)5-9;1-6(2)7(9)10-4-8(3)5-11-8/h9-11H,1,3-7H2,2H3;1,4-5H2,2-3H3. The summed E-state index contributed by atoms with van der Waals surface area (Å²) in [7, 11) is 0. The molecule has 3 fully saturated rings. The molecule has 4 unspecified atom stereocenters. The maximum atomic E-state index is 11.2. The minimum Gasteiger partial charge on any atom is -0.462 e. The fourth-order valence-electron chi connectivity index (χ4n) is 2.96. The lowest BCUT2D eigenvalue weighted by atomic mass is 9.90. The van der Waals surface area contributed by atoms with Crippen LogP contribution in [0.5, 0.6) is 0 Å². The van der Waals surface area contributed by atoms with Gasteiger partial charge in [0.2, 0.25) is 0 Å². The molecule has 1 heterocycles. The Labute approximate surface area is 150 Å². The topological polar surface area (TPSA) is 65.1 Å². The summed E-state index contributed by atoms with van der Waals surface area (Å²) < 4.78 is 15.1. The van der Waals surface area contributed by atoms with Gasteiger partial charge in [-0.25, -0.2) is 9.59 Å². The van der Waals surface area contributed by atoms with Gasteiger partial charge in [-0.05, 0) is 64.2 Å². The molecule has 0 bridgehead atoms. The van der Waals surface area contributed by atoms with Crippen molar-refractivity contribution < 1.29 is 23.8 Å². The quantitative estimate of drug-likeness (QED) is 0.417. The lowest BCUT2D eigenvalue weighted by Gasteiger charge is -2.20. The van der Waals surface area contributed by atoms with Gasteiger partial charge in [-0.1, -0.05) is 13.2 Å². The molecular formula is C20H30O5. The first-order chi connectivity index (χ1) is 11.7. The van der Waals surface area contributed by atoms with Gasteiger partial charge in [-0.2, -0.15) is 0 Å². The van der Waals surface area contributed by atoms with Crippen molar-refractivity contribution in [2.24, 2.45) is 17.8 Å². The molecule has 1 saturated heterocycles. The van der Waals surface area contributed by atoms with Gasteiger partial charge in [0.1, 0.15) is 12.2 Å². The number of ether oxygens (including phenoxy) is 3. The van der Waals surface area contributed by atoms with Crippen molar-refractivity contribution in [3.05, 3.63) is 24.3 Å². The van der Waals surface area contributed by atoms with Crippen molar-refractivity contribution in [3.63, 3.8) is 0 Å². The van der Waals surface area contributed by atoms with Gasteiger partial charge < -0.3 is 14.2 Å². The van der Waals surface area contributed by atoms with Gasteiger partial charge in [-0.3, -0.25) is 0 Å². The first-order valence-electron chi connectivity index (χ1n) is 8.99. The van der Waals surface area contributed by atoms with Crippen LogP contribution in [0.1, 0.15) is 46.5 Å². The number of esters is 2. The van der Waals surface area contributed by atoms with Crippen molar-refractivity contribution in [1.82, 2.24) is 0 Å². The molecular weight excluding hydrogens is 320 g/mol. The normalized spacial score (nSPS) is 31.6. The molecule has 5 nitrogen and oxygen atoms in total. The number of carbonyl (C=O) groups excluding carboxylic acids is 2. The van der Waals surface area contributed by atoms with Gasteiger partial charge in [0, 0.05) is 11.1 Å². The van der Waals surface area contributed by atoms with Crippen molar-refractivity contribution in [3.8, 4) is 0 Å². The third kappa shape index (κ3) is 6.65. The van der Waals surface area contributed by atoms with Crippen LogP contribution in [0.2, 0.25) is 0 Å².